The number of nitrogens with one attached hydrogen (secondary N) is 1. The molecule has 1 amide bonds. The van der Waals surface area contributed by atoms with Gasteiger partial charge in [-0.15, -0.1) is 0 Å². The van der Waals surface area contributed by atoms with E-state index in [4.69, 9.17) is 4.42 Å². The average Bonchev–Trinajstić information content (AvgIpc) is 3.12. The Morgan fingerprint density at radius 2 is 1.73 bits per heavy atom. The topological polar surface area (TPSA) is 85.4 Å². The van der Waals surface area contributed by atoms with E-state index < -0.39 is 10.8 Å². The number of anilines is 1. The fourth-order valence-corrected chi connectivity index (χ4v) is 2.74. The highest BCUT2D eigenvalue weighted by atomic mass is 16.6. The summed E-state index contributed by atoms with van der Waals surface area (Å²) in [4.78, 5) is 23.2. The second-order valence-electron chi connectivity index (χ2n) is 6.13. The molecule has 0 saturated carbocycles. The van der Waals surface area contributed by atoms with Crippen molar-refractivity contribution in [1.82, 2.24) is 0 Å². The van der Waals surface area contributed by atoms with Crippen molar-refractivity contribution in [2.75, 3.05) is 5.32 Å². The van der Waals surface area contributed by atoms with E-state index in [1.54, 1.807) is 24.3 Å². The van der Waals surface area contributed by atoms with Crippen LogP contribution in [0.3, 0.4) is 0 Å². The van der Waals surface area contributed by atoms with Gasteiger partial charge in [0.1, 0.15) is 5.76 Å². The normalized spacial score (nSPS) is 10.7. The number of amides is 1. The maximum atomic E-state index is 12.5. The molecule has 26 heavy (non-hydrogen) atoms. The summed E-state index contributed by atoms with van der Waals surface area (Å²) in [7, 11) is 0. The Balaban J connectivity index is 1.87. The molecule has 0 fully saturated rings. The predicted molar refractivity (Wildman–Crippen MR) is 99.3 cm³/mol. The second kappa shape index (κ2) is 7.23. The molecule has 1 N–H and O–H groups in total. The Bertz CT molecular complexity index is 960. The lowest BCUT2D eigenvalue weighted by Crippen LogP contribution is -2.12. The Kier molecular flexibility index (Phi) is 4.84. The third kappa shape index (κ3) is 3.49. The van der Waals surface area contributed by atoms with E-state index in [1.165, 1.54) is 12.1 Å². The molecule has 0 unspecified atom stereocenters. The van der Waals surface area contributed by atoms with Crippen molar-refractivity contribution in [1.29, 1.82) is 0 Å². The van der Waals surface area contributed by atoms with E-state index >= 15 is 0 Å². The second-order valence-corrected chi connectivity index (χ2v) is 6.13. The van der Waals surface area contributed by atoms with Crippen LogP contribution in [0.2, 0.25) is 0 Å². The Labute approximate surface area is 150 Å². The molecule has 0 spiro atoms. The highest BCUT2D eigenvalue weighted by Crippen LogP contribution is 2.31. The lowest BCUT2D eigenvalue weighted by molar-refractivity contribution is -0.384. The minimum absolute atomic E-state index is 0.0704. The van der Waals surface area contributed by atoms with Crippen LogP contribution < -0.4 is 5.32 Å². The third-order valence-corrected chi connectivity index (χ3v) is 4.03. The van der Waals surface area contributed by atoms with E-state index in [0.29, 0.717) is 5.56 Å². The van der Waals surface area contributed by atoms with E-state index in [0.717, 1.165) is 11.3 Å². The number of benzene rings is 2. The first-order chi connectivity index (χ1) is 12.5. The minimum Gasteiger partial charge on any atom is -0.451 e. The number of nitrogens with zero attached hydrogens (tertiary/aromatic N) is 1. The molecule has 6 nitrogen and oxygen atoms in total. The van der Waals surface area contributed by atoms with Gasteiger partial charge in [-0.3, -0.25) is 14.9 Å². The van der Waals surface area contributed by atoms with Crippen molar-refractivity contribution >= 4 is 17.3 Å². The number of rotatable bonds is 5. The van der Waals surface area contributed by atoms with E-state index in [-0.39, 0.29) is 23.1 Å². The fraction of sp³-hybridized carbons (Fsp3) is 0.150. The van der Waals surface area contributed by atoms with Crippen LogP contribution in [0.4, 0.5) is 11.4 Å². The largest absolute Gasteiger partial charge is 0.451 e. The highest BCUT2D eigenvalue weighted by molar-refractivity contribution is 6.03. The zero-order valence-electron chi connectivity index (χ0n) is 14.4. The van der Waals surface area contributed by atoms with Crippen LogP contribution in [0.25, 0.3) is 11.3 Å². The number of furan rings is 1. The van der Waals surface area contributed by atoms with Crippen LogP contribution in [0, 0.1) is 10.1 Å². The molecule has 1 aromatic heterocycles. The summed E-state index contributed by atoms with van der Waals surface area (Å²) >= 11 is 0. The van der Waals surface area contributed by atoms with Crippen LogP contribution in [0.1, 0.15) is 35.9 Å². The Morgan fingerprint density at radius 1 is 1.04 bits per heavy atom. The summed E-state index contributed by atoms with van der Waals surface area (Å²) in [5, 5.41) is 14.0. The van der Waals surface area contributed by atoms with Crippen LogP contribution in [0.15, 0.2) is 65.1 Å². The molecule has 6 heteroatoms. The van der Waals surface area contributed by atoms with Gasteiger partial charge < -0.3 is 9.73 Å². The smallest absolute Gasteiger partial charge is 0.291 e. The van der Waals surface area contributed by atoms with E-state index in [9.17, 15) is 14.9 Å². The first kappa shape index (κ1) is 17.4. The summed E-state index contributed by atoms with van der Waals surface area (Å²) in [6, 6.07) is 16.9. The monoisotopic (exact) mass is 350 g/mol. The van der Waals surface area contributed by atoms with Crippen molar-refractivity contribution in [3.63, 3.8) is 0 Å². The minimum atomic E-state index is -0.476. The quantitative estimate of drug-likeness (QED) is 0.504. The lowest BCUT2D eigenvalue weighted by Gasteiger charge is -2.12. The summed E-state index contributed by atoms with van der Waals surface area (Å²) < 4.78 is 5.58. The number of hydrogen-bond donors (Lipinski definition) is 1. The summed E-state index contributed by atoms with van der Waals surface area (Å²) in [6.07, 6.45) is 0. The van der Waals surface area contributed by atoms with Crippen molar-refractivity contribution in [2.24, 2.45) is 0 Å². The summed E-state index contributed by atoms with van der Waals surface area (Å²) in [5.41, 5.74) is 2.00. The Morgan fingerprint density at radius 3 is 2.46 bits per heavy atom. The molecule has 3 aromatic rings. The Hall–Kier alpha value is -3.41. The van der Waals surface area contributed by atoms with Gasteiger partial charge in [0.2, 0.25) is 0 Å². The summed E-state index contributed by atoms with van der Waals surface area (Å²) in [5.74, 6) is 0.227. The molecule has 3 rings (SSSR count). The van der Waals surface area contributed by atoms with Gasteiger partial charge in [-0.2, -0.15) is 0 Å². The molecule has 2 aromatic carbocycles. The molecule has 0 aliphatic rings. The van der Waals surface area contributed by atoms with Crippen LogP contribution >= 0.6 is 0 Å². The molecule has 0 bridgehead atoms. The van der Waals surface area contributed by atoms with Crippen LogP contribution in [-0.4, -0.2) is 10.8 Å². The first-order valence-electron chi connectivity index (χ1n) is 8.21. The molecular weight excluding hydrogens is 332 g/mol. The molecule has 0 radical (unpaired) electrons. The maximum absolute atomic E-state index is 12.5. The van der Waals surface area contributed by atoms with Gasteiger partial charge in [0.15, 0.2) is 5.76 Å². The molecule has 0 saturated heterocycles. The SMILES string of the molecule is CC(C)c1ccccc1NC(=O)c1ccc(-c2ccccc2[N+](=O)[O-])o1. The van der Waals surface area contributed by atoms with Gasteiger partial charge in [0.05, 0.1) is 10.5 Å². The van der Waals surface area contributed by atoms with Crippen molar-refractivity contribution < 1.29 is 14.1 Å². The third-order valence-electron chi connectivity index (χ3n) is 4.03. The van der Waals surface area contributed by atoms with Gasteiger partial charge in [0, 0.05) is 11.8 Å². The highest BCUT2D eigenvalue weighted by Gasteiger charge is 2.20. The number of hydrogen-bond acceptors (Lipinski definition) is 4. The average molecular weight is 350 g/mol. The first-order valence-corrected chi connectivity index (χ1v) is 8.21. The van der Waals surface area contributed by atoms with Gasteiger partial charge >= 0.3 is 0 Å². The predicted octanol–water partition coefficient (Wildman–Crippen LogP) is 5.23. The number of carbonyl (C=O) groups excluding carboxylic acids is 1. The maximum Gasteiger partial charge on any atom is 0.291 e. The molecule has 0 aliphatic heterocycles. The molecule has 1 heterocycles. The van der Waals surface area contributed by atoms with Crippen molar-refractivity contribution in [3.05, 3.63) is 82.1 Å². The van der Waals surface area contributed by atoms with Gasteiger partial charge in [-0.25, -0.2) is 0 Å². The van der Waals surface area contributed by atoms with E-state index in [2.05, 4.69) is 5.32 Å². The zero-order chi connectivity index (χ0) is 18.7. The van der Waals surface area contributed by atoms with Crippen molar-refractivity contribution in [3.8, 4) is 11.3 Å². The number of para-hydroxylation sites is 2. The number of carbonyl (C=O) groups is 1. The molecule has 0 aliphatic carbocycles. The molecular formula is C20H18N2O4. The molecule has 0 atom stereocenters. The lowest BCUT2D eigenvalue weighted by atomic mass is 10.0. The van der Waals surface area contributed by atoms with Gasteiger partial charge in [-0.1, -0.05) is 44.2 Å². The number of nitro groups is 1. The van der Waals surface area contributed by atoms with Gasteiger partial charge in [-0.05, 0) is 35.7 Å². The van der Waals surface area contributed by atoms with Crippen LogP contribution in [-0.2, 0) is 0 Å². The zero-order valence-corrected chi connectivity index (χ0v) is 14.4. The summed E-state index contributed by atoms with van der Waals surface area (Å²) in [6.45, 7) is 4.09. The van der Waals surface area contributed by atoms with Crippen molar-refractivity contribution in [2.45, 2.75) is 19.8 Å². The molecule has 132 valence electrons. The van der Waals surface area contributed by atoms with Gasteiger partial charge in [0.25, 0.3) is 11.6 Å². The fourth-order valence-electron chi connectivity index (χ4n) is 2.74. The van der Waals surface area contributed by atoms with Crippen LogP contribution in [0.5, 0.6) is 0 Å². The van der Waals surface area contributed by atoms with E-state index in [1.807, 2.05) is 38.1 Å². The standard InChI is InChI=1S/C20H18N2O4/c1-13(2)14-7-3-5-9-16(14)21-20(23)19-12-11-18(26-19)15-8-4-6-10-17(15)22(24)25/h3-13H,1-2H3,(H,21,23). The number of nitro benzene ring substituents is 1.